The Morgan fingerprint density at radius 2 is 1.88 bits per heavy atom. The first-order valence-corrected chi connectivity index (χ1v) is 8.66. The highest BCUT2D eigenvalue weighted by molar-refractivity contribution is 5.85. The van der Waals surface area contributed by atoms with Crippen molar-refractivity contribution in [2.24, 2.45) is 0 Å². The fourth-order valence-corrected chi connectivity index (χ4v) is 3.15. The summed E-state index contributed by atoms with van der Waals surface area (Å²) >= 11 is 0. The van der Waals surface area contributed by atoms with E-state index in [9.17, 15) is 5.11 Å². The lowest BCUT2D eigenvalue weighted by Crippen LogP contribution is -2.45. The predicted octanol–water partition coefficient (Wildman–Crippen LogP) is 4.16. The number of hydrogen-bond donors (Lipinski definition) is 2. The van der Waals surface area contributed by atoms with Crippen molar-refractivity contribution in [3.05, 3.63) is 23.8 Å². The molecule has 0 bridgehead atoms. The summed E-state index contributed by atoms with van der Waals surface area (Å²) in [5.41, 5.74) is 1.26. The molecule has 6 heteroatoms. The maximum atomic E-state index is 9.92. The van der Waals surface area contributed by atoms with Gasteiger partial charge in [-0.05, 0) is 31.0 Å². The Labute approximate surface area is 158 Å². The summed E-state index contributed by atoms with van der Waals surface area (Å²) in [6.07, 6.45) is 4.94. The van der Waals surface area contributed by atoms with Crippen LogP contribution >= 0.6 is 24.8 Å². The van der Waals surface area contributed by atoms with Crippen LogP contribution in [0.1, 0.15) is 51.1 Å². The van der Waals surface area contributed by atoms with Gasteiger partial charge in [-0.25, -0.2) is 0 Å². The number of piperazine rings is 1. The Morgan fingerprint density at radius 1 is 1.17 bits per heavy atom. The van der Waals surface area contributed by atoms with Crippen LogP contribution in [0.15, 0.2) is 18.2 Å². The first-order chi connectivity index (χ1) is 10.8. The topological polar surface area (TPSA) is 44.7 Å². The highest BCUT2D eigenvalue weighted by atomic mass is 35.5. The maximum Gasteiger partial charge on any atom is 0.161 e. The van der Waals surface area contributed by atoms with E-state index >= 15 is 0 Å². The minimum Gasteiger partial charge on any atom is -0.504 e. The molecule has 1 aliphatic rings. The van der Waals surface area contributed by atoms with Crippen molar-refractivity contribution in [2.75, 3.05) is 32.8 Å². The normalized spacial score (nSPS) is 15.9. The monoisotopic (exact) mass is 378 g/mol. The van der Waals surface area contributed by atoms with Gasteiger partial charge in [0.1, 0.15) is 0 Å². The van der Waals surface area contributed by atoms with E-state index in [0.717, 1.165) is 26.2 Å². The van der Waals surface area contributed by atoms with Gasteiger partial charge in [-0.15, -0.1) is 24.8 Å². The first kappa shape index (κ1) is 23.3. The third-order valence-electron chi connectivity index (χ3n) is 4.34. The van der Waals surface area contributed by atoms with E-state index < -0.39 is 0 Å². The summed E-state index contributed by atoms with van der Waals surface area (Å²) in [5.74, 6) is 0.842. The van der Waals surface area contributed by atoms with Crippen molar-refractivity contribution in [2.45, 2.75) is 45.6 Å². The van der Waals surface area contributed by atoms with Gasteiger partial charge in [0.05, 0.1) is 6.61 Å². The van der Waals surface area contributed by atoms with E-state index in [4.69, 9.17) is 4.74 Å². The fourth-order valence-electron chi connectivity index (χ4n) is 3.15. The number of unbranched alkanes of at least 4 members (excludes halogenated alkanes) is 2. The van der Waals surface area contributed by atoms with E-state index in [1.54, 1.807) is 6.07 Å². The molecule has 4 nitrogen and oxygen atoms in total. The molecule has 0 amide bonds. The number of aromatic hydroxyl groups is 1. The highest BCUT2D eigenvalue weighted by Crippen LogP contribution is 2.34. The van der Waals surface area contributed by atoms with Gasteiger partial charge in [0.2, 0.25) is 0 Å². The molecule has 1 fully saturated rings. The molecule has 0 saturated carbocycles. The lowest BCUT2D eigenvalue weighted by molar-refractivity contribution is 0.162. The summed E-state index contributed by atoms with van der Waals surface area (Å²) in [5, 5.41) is 13.3. The molecular formula is C18H32Cl2N2O2. The third kappa shape index (κ3) is 6.67. The molecule has 1 aliphatic heterocycles. The number of ether oxygens (including phenoxy) is 1. The number of phenols is 1. The number of rotatable bonds is 8. The molecule has 0 aromatic heterocycles. The van der Waals surface area contributed by atoms with E-state index in [-0.39, 0.29) is 30.6 Å². The first-order valence-electron chi connectivity index (χ1n) is 8.66. The van der Waals surface area contributed by atoms with Crippen molar-refractivity contribution in [3.63, 3.8) is 0 Å². The highest BCUT2D eigenvalue weighted by Gasteiger charge is 2.22. The van der Waals surface area contributed by atoms with Gasteiger partial charge in [-0.3, -0.25) is 4.90 Å². The quantitative estimate of drug-likeness (QED) is 0.666. The van der Waals surface area contributed by atoms with Crippen molar-refractivity contribution in [1.82, 2.24) is 10.2 Å². The van der Waals surface area contributed by atoms with Crippen LogP contribution in [0, 0.1) is 0 Å². The average Bonchev–Trinajstić information content (AvgIpc) is 2.55. The third-order valence-corrected chi connectivity index (χ3v) is 4.34. The lowest BCUT2D eigenvalue weighted by atomic mass is 9.97. The van der Waals surface area contributed by atoms with E-state index in [0.29, 0.717) is 18.4 Å². The van der Waals surface area contributed by atoms with Crippen LogP contribution in [0.3, 0.4) is 0 Å². The molecule has 1 aromatic rings. The predicted molar refractivity (Wildman–Crippen MR) is 105 cm³/mol. The minimum atomic E-state index is 0. The van der Waals surface area contributed by atoms with Crippen molar-refractivity contribution < 1.29 is 9.84 Å². The average molecular weight is 379 g/mol. The SMILES string of the molecule is CCCCC[C@@H](c1ccc(O)c(OCC)c1)N1CCNCC1.Cl.Cl. The van der Waals surface area contributed by atoms with Crippen LogP contribution in [0.25, 0.3) is 0 Å². The lowest BCUT2D eigenvalue weighted by Gasteiger charge is -2.35. The van der Waals surface area contributed by atoms with Crippen LogP contribution in [0.2, 0.25) is 0 Å². The van der Waals surface area contributed by atoms with Crippen LogP contribution in [-0.2, 0) is 0 Å². The molecule has 0 aliphatic carbocycles. The van der Waals surface area contributed by atoms with Crippen molar-refractivity contribution in [3.8, 4) is 11.5 Å². The second-order valence-corrected chi connectivity index (χ2v) is 5.96. The van der Waals surface area contributed by atoms with Crippen LogP contribution < -0.4 is 10.1 Å². The second kappa shape index (κ2) is 12.6. The Kier molecular flexibility index (Phi) is 12.3. The molecular weight excluding hydrogens is 347 g/mol. The number of nitrogens with one attached hydrogen (secondary N) is 1. The summed E-state index contributed by atoms with van der Waals surface area (Å²) in [7, 11) is 0. The molecule has 1 saturated heterocycles. The maximum absolute atomic E-state index is 9.92. The van der Waals surface area contributed by atoms with E-state index in [2.05, 4.69) is 23.2 Å². The minimum absolute atomic E-state index is 0. The second-order valence-electron chi connectivity index (χ2n) is 5.96. The summed E-state index contributed by atoms with van der Waals surface area (Å²) < 4.78 is 5.56. The van der Waals surface area contributed by atoms with Gasteiger partial charge in [-0.2, -0.15) is 0 Å². The number of phenolic OH excluding ortho intramolecular Hbond substituents is 1. The standard InChI is InChI=1S/C18H30N2O2.2ClH/c1-3-5-6-7-16(20-12-10-19-11-13-20)15-8-9-17(21)18(14-15)22-4-2;;/h8-9,14,16,19,21H,3-7,10-13H2,1-2H3;2*1H/t16-;;/m0../s1. The number of hydrogen-bond acceptors (Lipinski definition) is 4. The molecule has 0 spiro atoms. The van der Waals surface area contributed by atoms with Gasteiger partial charge in [-0.1, -0.05) is 32.3 Å². The summed E-state index contributed by atoms with van der Waals surface area (Å²) in [4.78, 5) is 2.56. The van der Waals surface area contributed by atoms with Crippen molar-refractivity contribution in [1.29, 1.82) is 0 Å². The summed E-state index contributed by atoms with van der Waals surface area (Å²) in [6.45, 7) is 9.05. The molecule has 1 atom stereocenters. The molecule has 1 aromatic carbocycles. The Hall–Kier alpha value is -0.680. The van der Waals surface area contributed by atoms with Crippen LogP contribution in [0.4, 0.5) is 0 Å². The van der Waals surface area contributed by atoms with Gasteiger partial charge in [0, 0.05) is 32.2 Å². The molecule has 0 unspecified atom stereocenters. The van der Waals surface area contributed by atoms with Gasteiger partial charge in [0.25, 0.3) is 0 Å². The van der Waals surface area contributed by atoms with E-state index in [1.165, 1.54) is 31.2 Å². The zero-order valence-corrected chi connectivity index (χ0v) is 16.4. The molecule has 2 rings (SSSR count). The number of nitrogens with zero attached hydrogens (tertiary/aromatic N) is 1. The number of halogens is 2. The van der Waals surface area contributed by atoms with E-state index in [1.807, 2.05) is 13.0 Å². The zero-order chi connectivity index (χ0) is 15.8. The molecule has 0 radical (unpaired) electrons. The fraction of sp³-hybridized carbons (Fsp3) is 0.667. The Morgan fingerprint density at radius 3 is 2.50 bits per heavy atom. The smallest absolute Gasteiger partial charge is 0.161 e. The largest absolute Gasteiger partial charge is 0.504 e. The number of benzene rings is 1. The van der Waals surface area contributed by atoms with Crippen LogP contribution in [-0.4, -0.2) is 42.8 Å². The molecule has 1 heterocycles. The van der Waals surface area contributed by atoms with Gasteiger partial charge >= 0.3 is 0 Å². The Balaban J connectivity index is 0.00000264. The van der Waals surface area contributed by atoms with Gasteiger partial charge in [0.15, 0.2) is 11.5 Å². The summed E-state index contributed by atoms with van der Waals surface area (Å²) in [6, 6.07) is 6.28. The molecule has 140 valence electrons. The zero-order valence-electron chi connectivity index (χ0n) is 14.8. The van der Waals surface area contributed by atoms with Crippen LogP contribution in [0.5, 0.6) is 11.5 Å². The van der Waals surface area contributed by atoms with Crippen molar-refractivity contribution >= 4 is 24.8 Å². The van der Waals surface area contributed by atoms with Gasteiger partial charge < -0.3 is 15.2 Å². The molecule has 24 heavy (non-hydrogen) atoms. The Bertz CT molecular complexity index is 455. The molecule has 2 N–H and O–H groups in total.